The highest BCUT2D eigenvalue weighted by atomic mass is 16.1. The van der Waals surface area contributed by atoms with Crippen molar-refractivity contribution < 1.29 is 4.79 Å². The highest BCUT2D eigenvalue weighted by Crippen LogP contribution is 2.22. The summed E-state index contributed by atoms with van der Waals surface area (Å²) in [7, 11) is 0. The van der Waals surface area contributed by atoms with Crippen LogP contribution in [0.3, 0.4) is 0 Å². The van der Waals surface area contributed by atoms with E-state index in [1.54, 1.807) is 0 Å². The highest BCUT2D eigenvalue weighted by molar-refractivity contribution is 5.94. The SMILES string of the molecule is CC(C)NCc1ccc2c(c1)CNC(=O)c1cccn1-2. The molecule has 0 atom stereocenters. The molecule has 104 valence electrons. The third-order valence-corrected chi connectivity index (χ3v) is 3.54. The molecule has 1 amide bonds. The summed E-state index contributed by atoms with van der Waals surface area (Å²) in [5, 5.41) is 6.37. The second-order valence-electron chi connectivity index (χ2n) is 5.44. The van der Waals surface area contributed by atoms with Crippen LogP contribution < -0.4 is 10.6 Å². The number of fused-ring (bicyclic) bond motifs is 3. The minimum absolute atomic E-state index is 0.0203. The predicted molar refractivity (Wildman–Crippen MR) is 78.9 cm³/mol. The molecule has 0 saturated carbocycles. The average Bonchev–Trinajstić information content (AvgIpc) is 2.87. The Bertz CT molecular complexity index is 643. The Kier molecular flexibility index (Phi) is 3.32. The average molecular weight is 269 g/mol. The zero-order chi connectivity index (χ0) is 14.1. The van der Waals surface area contributed by atoms with Crippen LogP contribution in [-0.2, 0) is 13.1 Å². The highest BCUT2D eigenvalue weighted by Gasteiger charge is 2.18. The minimum atomic E-state index is -0.0203. The molecular weight excluding hydrogens is 250 g/mol. The molecule has 1 aromatic carbocycles. The van der Waals surface area contributed by atoms with Crippen LogP contribution >= 0.6 is 0 Å². The molecule has 20 heavy (non-hydrogen) atoms. The van der Waals surface area contributed by atoms with Crippen LogP contribution in [0.5, 0.6) is 0 Å². The van der Waals surface area contributed by atoms with E-state index >= 15 is 0 Å². The first-order valence-electron chi connectivity index (χ1n) is 6.96. The molecule has 3 rings (SSSR count). The van der Waals surface area contributed by atoms with E-state index in [9.17, 15) is 4.79 Å². The zero-order valence-corrected chi connectivity index (χ0v) is 11.8. The summed E-state index contributed by atoms with van der Waals surface area (Å²) in [5.74, 6) is -0.0203. The van der Waals surface area contributed by atoms with Gasteiger partial charge < -0.3 is 15.2 Å². The van der Waals surface area contributed by atoms with Gasteiger partial charge in [0.15, 0.2) is 0 Å². The van der Waals surface area contributed by atoms with Crippen molar-refractivity contribution in [2.75, 3.05) is 0 Å². The smallest absolute Gasteiger partial charge is 0.268 e. The van der Waals surface area contributed by atoms with Gasteiger partial charge in [-0.3, -0.25) is 4.79 Å². The fourth-order valence-corrected chi connectivity index (χ4v) is 2.49. The molecule has 4 nitrogen and oxygen atoms in total. The van der Waals surface area contributed by atoms with Gasteiger partial charge in [-0.1, -0.05) is 26.0 Å². The first kappa shape index (κ1) is 12.9. The third-order valence-electron chi connectivity index (χ3n) is 3.54. The molecule has 0 aliphatic carbocycles. The number of hydrogen-bond acceptors (Lipinski definition) is 2. The topological polar surface area (TPSA) is 46.1 Å². The second-order valence-corrected chi connectivity index (χ2v) is 5.44. The molecule has 0 unspecified atom stereocenters. The number of hydrogen-bond donors (Lipinski definition) is 2. The summed E-state index contributed by atoms with van der Waals surface area (Å²) >= 11 is 0. The fourth-order valence-electron chi connectivity index (χ4n) is 2.49. The first-order valence-corrected chi connectivity index (χ1v) is 6.96. The van der Waals surface area contributed by atoms with Gasteiger partial charge in [-0.15, -0.1) is 0 Å². The van der Waals surface area contributed by atoms with Crippen molar-refractivity contribution in [2.24, 2.45) is 0 Å². The number of carbonyl (C=O) groups excluding carboxylic acids is 1. The number of benzene rings is 1. The summed E-state index contributed by atoms with van der Waals surface area (Å²) < 4.78 is 1.96. The minimum Gasteiger partial charge on any atom is -0.347 e. The molecule has 0 saturated heterocycles. The quantitative estimate of drug-likeness (QED) is 0.897. The van der Waals surface area contributed by atoms with Gasteiger partial charge >= 0.3 is 0 Å². The Hall–Kier alpha value is -2.07. The molecule has 1 aliphatic heterocycles. The molecule has 1 aromatic heterocycles. The van der Waals surface area contributed by atoms with Gasteiger partial charge in [0.25, 0.3) is 5.91 Å². The van der Waals surface area contributed by atoms with Crippen molar-refractivity contribution in [3.63, 3.8) is 0 Å². The van der Waals surface area contributed by atoms with Crippen LogP contribution in [0.25, 0.3) is 5.69 Å². The van der Waals surface area contributed by atoms with Crippen LogP contribution in [0.2, 0.25) is 0 Å². The molecule has 4 heteroatoms. The van der Waals surface area contributed by atoms with Gasteiger partial charge in [-0.25, -0.2) is 0 Å². The number of aromatic nitrogens is 1. The lowest BCUT2D eigenvalue weighted by molar-refractivity contribution is 0.0946. The summed E-state index contributed by atoms with van der Waals surface area (Å²) in [6, 6.07) is 10.6. The molecular formula is C16H19N3O. The van der Waals surface area contributed by atoms with Crippen molar-refractivity contribution >= 4 is 5.91 Å². The maximum atomic E-state index is 12.0. The molecule has 0 bridgehead atoms. The van der Waals surface area contributed by atoms with Gasteiger partial charge in [0.1, 0.15) is 5.69 Å². The largest absolute Gasteiger partial charge is 0.347 e. The first-order chi connectivity index (χ1) is 9.65. The zero-order valence-electron chi connectivity index (χ0n) is 11.8. The Morgan fingerprint density at radius 2 is 2.20 bits per heavy atom. The molecule has 2 heterocycles. The van der Waals surface area contributed by atoms with E-state index in [4.69, 9.17) is 0 Å². The van der Waals surface area contributed by atoms with Gasteiger partial charge in [0, 0.05) is 25.3 Å². The lowest BCUT2D eigenvalue weighted by Gasteiger charge is -2.12. The van der Waals surface area contributed by atoms with E-state index < -0.39 is 0 Å². The van der Waals surface area contributed by atoms with Gasteiger partial charge in [0.2, 0.25) is 0 Å². The van der Waals surface area contributed by atoms with Crippen LogP contribution in [0, 0.1) is 0 Å². The Labute approximate surface area is 118 Å². The molecule has 2 aromatic rings. The maximum Gasteiger partial charge on any atom is 0.268 e. The van der Waals surface area contributed by atoms with E-state index in [1.165, 1.54) is 5.56 Å². The van der Waals surface area contributed by atoms with E-state index in [0.717, 1.165) is 17.8 Å². The lowest BCUT2D eigenvalue weighted by atomic mass is 10.1. The monoisotopic (exact) mass is 269 g/mol. The summed E-state index contributed by atoms with van der Waals surface area (Å²) in [6.45, 7) is 5.69. The van der Waals surface area contributed by atoms with Crippen molar-refractivity contribution in [3.05, 3.63) is 53.3 Å². The molecule has 0 radical (unpaired) electrons. The van der Waals surface area contributed by atoms with Crippen molar-refractivity contribution in [3.8, 4) is 5.69 Å². The van der Waals surface area contributed by atoms with Crippen LogP contribution in [0.1, 0.15) is 35.5 Å². The molecule has 2 N–H and O–H groups in total. The summed E-state index contributed by atoms with van der Waals surface area (Å²) in [4.78, 5) is 12.0. The number of carbonyl (C=O) groups is 1. The number of nitrogens with one attached hydrogen (secondary N) is 2. The van der Waals surface area contributed by atoms with Crippen LogP contribution in [-0.4, -0.2) is 16.5 Å². The van der Waals surface area contributed by atoms with Gasteiger partial charge in [-0.05, 0) is 29.3 Å². The fraction of sp³-hybridized carbons (Fsp3) is 0.312. The summed E-state index contributed by atoms with van der Waals surface area (Å²) in [6.07, 6.45) is 1.94. The van der Waals surface area contributed by atoms with E-state index in [2.05, 4.69) is 42.7 Å². The van der Waals surface area contributed by atoms with Gasteiger partial charge in [0.05, 0.1) is 5.69 Å². The number of nitrogens with zero attached hydrogens (tertiary/aromatic N) is 1. The number of rotatable bonds is 3. The molecule has 0 spiro atoms. The second kappa shape index (κ2) is 5.13. The van der Waals surface area contributed by atoms with Gasteiger partial charge in [-0.2, -0.15) is 0 Å². The normalized spacial score (nSPS) is 13.7. The van der Waals surface area contributed by atoms with Crippen molar-refractivity contribution in [1.29, 1.82) is 0 Å². The Morgan fingerprint density at radius 1 is 1.35 bits per heavy atom. The van der Waals surface area contributed by atoms with Crippen LogP contribution in [0.15, 0.2) is 36.5 Å². The molecule has 1 aliphatic rings. The molecule has 0 fully saturated rings. The van der Waals surface area contributed by atoms with Crippen LogP contribution in [0.4, 0.5) is 0 Å². The van der Waals surface area contributed by atoms with Crippen molar-refractivity contribution in [1.82, 2.24) is 15.2 Å². The third kappa shape index (κ3) is 2.34. The van der Waals surface area contributed by atoms with E-state index in [1.807, 2.05) is 22.9 Å². The van der Waals surface area contributed by atoms with Crippen molar-refractivity contribution in [2.45, 2.75) is 33.0 Å². The summed E-state index contributed by atoms with van der Waals surface area (Å²) in [5.41, 5.74) is 4.16. The predicted octanol–water partition coefficient (Wildman–Crippen LogP) is 2.22. The van der Waals surface area contributed by atoms with E-state index in [-0.39, 0.29) is 5.91 Å². The van der Waals surface area contributed by atoms with E-state index in [0.29, 0.717) is 18.3 Å². The number of amides is 1. The maximum absolute atomic E-state index is 12.0. The Morgan fingerprint density at radius 3 is 3.00 bits per heavy atom. The Balaban J connectivity index is 1.96. The standard InChI is InChI=1S/C16H19N3O/c1-11(2)17-9-12-5-6-14-13(8-12)10-18-16(20)15-4-3-7-19(14)15/h3-8,11,17H,9-10H2,1-2H3,(H,18,20). The lowest BCUT2D eigenvalue weighted by Crippen LogP contribution is -2.22.